The first-order valence-electron chi connectivity index (χ1n) is 10.1. The fourth-order valence-electron chi connectivity index (χ4n) is 3.87. The van der Waals surface area contributed by atoms with Gasteiger partial charge in [-0.2, -0.15) is 13.2 Å². The van der Waals surface area contributed by atoms with Gasteiger partial charge < -0.3 is 14.5 Å². The SMILES string of the molecule is CC(C)(C)OC(=O)C1CC(NC(=O)c2ccc3nc(C(F)(F)F)cn3c2)c2ccccc21. The van der Waals surface area contributed by atoms with Crippen molar-refractivity contribution in [3.05, 3.63) is 71.2 Å². The summed E-state index contributed by atoms with van der Waals surface area (Å²) in [5, 5.41) is 2.90. The lowest BCUT2D eigenvalue weighted by Crippen LogP contribution is -2.29. The molecular weight excluding hydrogens is 423 g/mol. The number of rotatable bonds is 3. The highest BCUT2D eigenvalue weighted by atomic mass is 19.4. The predicted molar refractivity (Wildman–Crippen MR) is 110 cm³/mol. The fraction of sp³-hybridized carbons (Fsp3) is 0.348. The standard InChI is InChI=1S/C23H22F3N3O3/c1-22(2,3)32-21(31)16-10-17(15-7-5-4-6-14(15)16)27-20(30)13-8-9-19-28-18(23(24,25)26)12-29(19)11-13/h4-9,11-12,16-17H,10H2,1-3H3,(H,27,30). The molecule has 1 aliphatic carbocycles. The van der Waals surface area contributed by atoms with Crippen molar-refractivity contribution < 1.29 is 27.5 Å². The van der Waals surface area contributed by atoms with E-state index in [-0.39, 0.29) is 17.2 Å². The number of carbonyl (C=O) groups excluding carboxylic acids is 2. The van der Waals surface area contributed by atoms with Crippen molar-refractivity contribution in [2.45, 2.75) is 50.9 Å². The van der Waals surface area contributed by atoms with Crippen LogP contribution in [0, 0.1) is 0 Å². The molecule has 1 aromatic carbocycles. The molecule has 2 unspecified atom stereocenters. The normalized spacial score (nSPS) is 18.4. The van der Waals surface area contributed by atoms with E-state index in [0.29, 0.717) is 6.42 Å². The van der Waals surface area contributed by atoms with E-state index < -0.39 is 35.3 Å². The van der Waals surface area contributed by atoms with Gasteiger partial charge in [-0.1, -0.05) is 24.3 Å². The molecule has 2 aromatic heterocycles. The van der Waals surface area contributed by atoms with E-state index in [1.54, 1.807) is 20.8 Å². The first-order valence-corrected chi connectivity index (χ1v) is 10.1. The Labute approximate surface area is 182 Å². The summed E-state index contributed by atoms with van der Waals surface area (Å²) in [6, 6.07) is 9.68. The van der Waals surface area contributed by atoms with Crippen molar-refractivity contribution in [3.8, 4) is 0 Å². The summed E-state index contributed by atoms with van der Waals surface area (Å²) in [5.41, 5.74) is 0.224. The van der Waals surface area contributed by atoms with Crippen LogP contribution < -0.4 is 5.32 Å². The predicted octanol–water partition coefficient (Wildman–Crippen LogP) is 4.65. The molecule has 0 fully saturated rings. The number of esters is 1. The average molecular weight is 445 g/mol. The molecule has 0 saturated heterocycles. The Morgan fingerprint density at radius 1 is 1.06 bits per heavy atom. The van der Waals surface area contributed by atoms with E-state index in [1.807, 2.05) is 24.3 Å². The van der Waals surface area contributed by atoms with Gasteiger partial charge in [0.15, 0.2) is 5.69 Å². The monoisotopic (exact) mass is 445 g/mol. The van der Waals surface area contributed by atoms with Gasteiger partial charge in [0.05, 0.1) is 17.5 Å². The van der Waals surface area contributed by atoms with Crippen molar-refractivity contribution in [2.75, 3.05) is 0 Å². The third-order valence-electron chi connectivity index (χ3n) is 5.22. The molecule has 3 aromatic rings. The smallest absolute Gasteiger partial charge is 0.434 e. The average Bonchev–Trinajstić information content (AvgIpc) is 3.28. The van der Waals surface area contributed by atoms with Crippen LogP contribution in [0.2, 0.25) is 0 Å². The van der Waals surface area contributed by atoms with Gasteiger partial charge in [0.2, 0.25) is 0 Å². The Balaban J connectivity index is 1.56. The molecule has 2 heterocycles. The maximum atomic E-state index is 12.9. The lowest BCUT2D eigenvalue weighted by atomic mass is 10.0. The third-order valence-corrected chi connectivity index (χ3v) is 5.22. The number of halogens is 3. The van der Waals surface area contributed by atoms with Crippen molar-refractivity contribution >= 4 is 17.5 Å². The highest BCUT2D eigenvalue weighted by Crippen LogP contribution is 2.41. The third kappa shape index (κ3) is 4.32. The zero-order chi connectivity index (χ0) is 23.3. The molecule has 0 saturated carbocycles. The van der Waals surface area contributed by atoms with Gasteiger partial charge in [0.1, 0.15) is 11.2 Å². The lowest BCUT2D eigenvalue weighted by molar-refractivity contribution is -0.156. The summed E-state index contributed by atoms with van der Waals surface area (Å²) >= 11 is 0. The number of hydrogen-bond donors (Lipinski definition) is 1. The Hall–Kier alpha value is -3.36. The van der Waals surface area contributed by atoms with Gasteiger partial charge in [0, 0.05) is 12.4 Å². The number of amides is 1. The van der Waals surface area contributed by atoms with E-state index in [9.17, 15) is 22.8 Å². The van der Waals surface area contributed by atoms with Gasteiger partial charge >= 0.3 is 12.1 Å². The maximum Gasteiger partial charge on any atom is 0.434 e. The molecule has 168 valence electrons. The summed E-state index contributed by atoms with van der Waals surface area (Å²) in [4.78, 5) is 29.1. The van der Waals surface area contributed by atoms with Crippen LogP contribution in [-0.2, 0) is 15.7 Å². The summed E-state index contributed by atoms with van der Waals surface area (Å²) in [7, 11) is 0. The van der Waals surface area contributed by atoms with E-state index in [1.165, 1.54) is 22.7 Å². The fourth-order valence-corrected chi connectivity index (χ4v) is 3.87. The van der Waals surface area contributed by atoms with Crippen LogP contribution in [0.25, 0.3) is 5.65 Å². The maximum absolute atomic E-state index is 12.9. The zero-order valence-electron chi connectivity index (χ0n) is 17.7. The minimum Gasteiger partial charge on any atom is -0.459 e. The Kier molecular flexibility index (Phi) is 5.22. The number of nitrogens with one attached hydrogen (secondary N) is 1. The molecule has 0 bridgehead atoms. The number of hydrogen-bond acceptors (Lipinski definition) is 4. The first-order chi connectivity index (χ1) is 14.9. The molecule has 4 rings (SSSR count). The highest BCUT2D eigenvalue weighted by molar-refractivity contribution is 5.94. The van der Waals surface area contributed by atoms with Crippen molar-refractivity contribution in [2.24, 2.45) is 0 Å². The Morgan fingerprint density at radius 2 is 1.75 bits per heavy atom. The summed E-state index contributed by atoms with van der Waals surface area (Å²) in [6.45, 7) is 5.38. The number of nitrogens with zero attached hydrogens (tertiary/aromatic N) is 2. The molecule has 1 N–H and O–H groups in total. The molecule has 0 spiro atoms. The molecule has 32 heavy (non-hydrogen) atoms. The van der Waals surface area contributed by atoms with E-state index in [4.69, 9.17) is 4.74 Å². The number of alkyl halides is 3. The second-order valence-electron chi connectivity index (χ2n) is 8.78. The second kappa shape index (κ2) is 7.65. The minimum atomic E-state index is -4.57. The first kappa shape index (κ1) is 21.9. The topological polar surface area (TPSA) is 72.7 Å². The number of benzene rings is 1. The van der Waals surface area contributed by atoms with Crippen molar-refractivity contribution in [1.82, 2.24) is 14.7 Å². The van der Waals surface area contributed by atoms with Crippen LogP contribution in [0.1, 0.15) is 66.3 Å². The minimum absolute atomic E-state index is 0.0880. The number of imidazole rings is 1. The van der Waals surface area contributed by atoms with Gasteiger partial charge in [-0.3, -0.25) is 9.59 Å². The lowest BCUT2D eigenvalue weighted by Gasteiger charge is -2.22. The van der Waals surface area contributed by atoms with Gasteiger partial charge in [-0.15, -0.1) is 0 Å². The van der Waals surface area contributed by atoms with E-state index >= 15 is 0 Å². The molecule has 1 aliphatic rings. The van der Waals surface area contributed by atoms with Gasteiger partial charge in [-0.25, -0.2) is 4.98 Å². The number of fused-ring (bicyclic) bond motifs is 2. The summed E-state index contributed by atoms with van der Waals surface area (Å²) < 4.78 is 45.4. The largest absolute Gasteiger partial charge is 0.459 e. The van der Waals surface area contributed by atoms with Gasteiger partial charge in [0.25, 0.3) is 5.91 Å². The van der Waals surface area contributed by atoms with Crippen LogP contribution in [0.3, 0.4) is 0 Å². The molecule has 2 atom stereocenters. The molecule has 1 amide bonds. The van der Waals surface area contributed by atoms with Crippen molar-refractivity contribution in [1.29, 1.82) is 0 Å². The van der Waals surface area contributed by atoms with Crippen LogP contribution >= 0.6 is 0 Å². The Morgan fingerprint density at radius 3 is 2.41 bits per heavy atom. The van der Waals surface area contributed by atoms with Crippen LogP contribution in [0.5, 0.6) is 0 Å². The highest BCUT2D eigenvalue weighted by Gasteiger charge is 2.38. The summed E-state index contributed by atoms with van der Waals surface area (Å²) in [5.74, 6) is -1.33. The van der Waals surface area contributed by atoms with Gasteiger partial charge in [-0.05, 0) is 50.5 Å². The second-order valence-corrected chi connectivity index (χ2v) is 8.78. The van der Waals surface area contributed by atoms with E-state index in [0.717, 1.165) is 17.3 Å². The van der Waals surface area contributed by atoms with Crippen LogP contribution in [0.15, 0.2) is 48.8 Å². The Bertz CT molecular complexity index is 1190. The molecular formula is C23H22F3N3O3. The molecule has 6 nitrogen and oxygen atoms in total. The number of pyridine rings is 1. The van der Waals surface area contributed by atoms with Crippen LogP contribution in [-0.4, -0.2) is 26.9 Å². The number of aromatic nitrogens is 2. The molecule has 0 aliphatic heterocycles. The molecule has 0 radical (unpaired) electrons. The van der Waals surface area contributed by atoms with E-state index in [2.05, 4.69) is 10.3 Å². The van der Waals surface area contributed by atoms with Crippen molar-refractivity contribution in [3.63, 3.8) is 0 Å². The number of carbonyl (C=O) groups is 2. The number of ether oxygens (including phenoxy) is 1. The molecule has 9 heteroatoms. The summed E-state index contributed by atoms with van der Waals surface area (Å²) in [6.07, 6.45) is -2.08. The van der Waals surface area contributed by atoms with Crippen LogP contribution in [0.4, 0.5) is 13.2 Å². The zero-order valence-corrected chi connectivity index (χ0v) is 17.7. The quantitative estimate of drug-likeness (QED) is 0.596.